The molecule has 0 saturated carbocycles. The topological polar surface area (TPSA) is 73.6 Å². The van der Waals surface area contributed by atoms with Gasteiger partial charge in [-0.1, -0.05) is 6.92 Å². The molecule has 0 aliphatic rings. The Morgan fingerprint density at radius 1 is 1.62 bits per heavy atom. The Hall–Kier alpha value is -0.530. The molecule has 0 unspecified atom stereocenters. The molecule has 1 heterocycles. The summed E-state index contributed by atoms with van der Waals surface area (Å²) in [6.45, 7) is 2.07. The third-order valence-electron chi connectivity index (χ3n) is 1.56. The van der Waals surface area contributed by atoms with Crippen LogP contribution in [-0.4, -0.2) is 21.0 Å². The van der Waals surface area contributed by atoms with Crippen LogP contribution in [0.2, 0.25) is 0 Å². The second-order valence-corrected chi connectivity index (χ2v) is 6.08. The molecule has 0 bridgehead atoms. The van der Waals surface area contributed by atoms with Gasteiger partial charge in [0.1, 0.15) is 4.90 Å². The van der Waals surface area contributed by atoms with Crippen LogP contribution in [-0.2, 0) is 13.8 Å². The molecular weight excluding hydrogens is 324 g/mol. The molecule has 0 saturated heterocycles. The minimum Gasteiger partial charge on any atom is -0.460 e. The van der Waals surface area contributed by atoms with Crippen LogP contribution in [0.1, 0.15) is 23.9 Å². The second kappa shape index (κ2) is 5.20. The lowest BCUT2D eigenvalue weighted by Crippen LogP contribution is -2.04. The summed E-state index contributed by atoms with van der Waals surface area (Å²) in [6, 6.07) is 1.02. The van der Waals surface area contributed by atoms with Crippen LogP contribution in [0.25, 0.3) is 0 Å². The van der Waals surface area contributed by atoms with Gasteiger partial charge in [-0.2, -0.15) is 0 Å². The van der Waals surface area contributed by atoms with E-state index < -0.39 is 15.0 Å². The van der Waals surface area contributed by atoms with Crippen molar-refractivity contribution in [3.05, 3.63) is 16.5 Å². The van der Waals surface area contributed by atoms with Gasteiger partial charge in [0.05, 0.1) is 6.61 Å². The van der Waals surface area contributed by atoms with Gasteiger partial charge in [0.25, 0.3) is 9.05 Å². The Balaban J connectivity index is 2.98. The molecule has 5 nitrogen and oxygen atoms in total. The first-order valence-electron chi connectivity index (χ1n) is 4.27. The summed E-state index contributed by atoms with van der Waals surface area (Å²) in [5, 5.41) is 0. The van der Waals surface area contributed by atoms with E-state index in [4.69, 9.17) is 19.8 Å². The van der Waals surface area contributed by atoms with Crippen LogP contribution in [0.5, 0.6) is 0 Å². The molecule has 1 rings (SSSR count). The van der Waals surface area contributed by atoms with Crippen molar-refractivity contribution in [2.45, 2.75) is 18.2 Å². The highest BCUT2D eigenvalue weighted by atomic mass is 79.9. The quantitative estimate of drug-likeness (QED) is 0.626. The van der Waals surface area contributed by atoms with Crippen LogP contribution >= 0.6 is 26.6 Å². The Labute approximate surface area is 105 Å². The fraction of sp³-hybridized carbons (Fsp3) is 0.375. The second-order valence-electron chi connectivity index (χ2n) is 2.82. The Morgan fingerprint density at radius 3 is 2.69 bits per heavy atom. The summed E-state index contributed by atoms with van der Waals surface area (Å²) in [5.74, 6) is -0.936. The average molecular weight is 332 g/mol. The molecule has 1 aromatic heterocycles. The van der Waals surface area contributed by atoms with Gasteiger partial charge in [-0.05, 0) is 22.4 Å². The number of furan rings is 1. The zero-order valence-corrected chi connectivity index (χ0v) is 11.4. The summed E-state index contributed by atoms with van der Waals surface area (Å²) in [4.78, 5) is 11.0. The molecule has 0 N–H and O–H groups in total. The number of hydrogen-bond donors (Lipinski definition) is 0. The lowest BCUT2D eigenvalue weighted by molar-refractivity contribution is 0.0467. The summed E-state index contributed by atoms with van der Waals surface area (Å²) in [6.07, 6.45) is 0.661. The van der Waals surface area contributed by atoms with Crippen LogP contribution in [0.15, 0.2) is 20.0 Å². The Bertz CT molecular complexity index is 493. The number of halogens is 2. The molecular formula is C8H8BrClO5S. The predicted octanol–water partition coefficient (Wildman–Crippen LogP) is 2.54. The SMILES string of the molecule is CCCOC(=O)c1cc(S(=O)(=O)Cl)c(Br)o1. The van der Waals surface area contributed by atoms with Gasteiger partial charge in [0.2, 0.25) is 5.76 Å². The van der Waals surface area contributed by atoms with Crippen LogP contribution in [0.3, 0.4) is 0 Å². The van der Waals surface area contributed by atoms with Gasteiger partial charge in [-0.3, -0.25) is 0 Å². The third-order valence-corrected chi connectivity index (χ3v) is 3.74. The van der Waals surface area contributed by atoms with Crippen LogP contribution in [0, 0.1) is 0 Å². The first-order valence-corrected chi connectivity index (χ1v) is 7.37. The summed E-state index contributed by atoms with van der Waals surface area (Å²) >= 11 is 2.85. The molecule has 1 aromatic rings. The minimum absolute atomic E-state index is 0.119. The van der Waals surface area contributed by atoms with Gasteiger partial charge in [-0.25, -0.2) is 13.2 Å². The molecule has 0 spiro atoms. The fourth-order valence-corrected chi connectivity index (χ4v) is 2.92. The van der Waals surface area contributed by atoms with Crippen molar-refractivity contribution < 1.29 is 22.4 Å². The smallest absolute Gasteiger partial charge is 0.374 e. The Kier molecular flexibility index (Phi) is 4.40. The van der Waals surface area contributed by atoms with Crippen LogP contribution < -0.4 is 0 Å². The van der Waals surface area contributed by atoms with Gasteiger partial charge in [0, 0.05) is 16.7 Å². The van der Waals surface area contributed by atoms with E-state index in [1.54, 1.807) is 0 Å². The van der Waals surface area contributed by atoms with E-state index in [9.17, 15) is 13.2 Å². The lowest BCUT2D eigenvalue weighted by atomic mass is 10.4. The maximum atomic E-state index is 11.3. The van der Waals surface area contributed by atoms with E-state index in [-0.39, 0.29) is 21.9 Å². The normalized spacial score (nSPS) is 11.4. The lowest BCUT2D eigenvalue weighted by Gasteiger charge is -1.98. The standard InChI is InChI=1S/C8H8BrClO5S/c1-2-3-14-8(11)5-4-6(7(9)15-5)16(10,12)13/h4H,2-3H2,1H3. The van der Waals surface area contributed by atoms with Crippen molar-refractivity contribution in [2.24, 2.45) is 0 Å². The number of carbonyl (C=O) groups excluding carboxylic acids is 1. The molecule has 0 radical (unpaired) electrons. The van der Waals surface area contributed by atoms with Gasteiger partial charge < -0.3 is 9.15 Å². The molecule has 0 aliphatic heterocycles. The average Bonchev–Trinajstić information content (AvgIpc) is 2.56. The molecule has 0 amide bonds. The molecule has 0 fully saturated rings. The summed E-state index contributed by atoms with van der Waals surface area (Å²) in [7, 11) is 1.17. The number of rotatable bonds is 4. The van der Waals surface area contributed by atoms with E-state index >= 15 is 0 Å². The molecule has 0 aliphatic carbocycles. The maximum Gasteiger partial charge on any atom is 0.374 e. The van der Waals surface area contributed by atoms with E-state index in [2.05, 4.69) is 15.9 Å². The van der Waals surface area contributed by atoms with Crippen molar-refractivity contribution in [2.75, 3.05) is 6.61 Å². The third kappa shape index (κ3) is 3.23. The Morgan fingerprint density at radius 2 is 2.25 bits per heavy atom. The van der Waals surface area contributed by atoms with Crippen molar-refractivity contribution >= 4 is 41.6 Å². The highest BCUT2D eigenvalue weighted by molar-refractivity contribution is 9.10. The number of ether oxygens (including phenoxy) is 1. The zero-order chi connectivity index (χ0) is 12.3. The van der Waals surface area contributed by atoms with Crippen molar-refractivity contribution in [3.63, 3.8) is 0 Å². The monoisotopic (exact) mass is 330 g/mol. The van der Waals surface area contributed by atoms with Gasteiger partial charge >= 0.3 is 5.97 Å². The fourth-order valence-electron chi connectivity index (χ4n) is 0.885. The van der Waals surface area contributed by atoms with Crippen LogP contribution in [0.4, 0.5) is 0 Å². The highest BCUT2D eigenvalue weighted by Gasteiger charge is 2.23. The number of hydrogen-bond acceptors (Lipinski definition) is 5. The first-order chi connectivity index (χ1) is 7.36. The molecule has 0 aromatic carbocycles. The van der Waals surface area contributed by atoms with Gasteiger partial charge in [0.15, 0.2) is 4.67 Å². The van der Waals surface area contributed by atoms with E-state index in [0.29, 0.717) is 6.42 Å². The van der Waals surface area contributed by atoms with Crippen molar-refractivity contribution in [1.29, 1.82) is 0 Å². The van der Waals surface area contributed by atoms with E-state index in [1.165, 1.54) is 0 Å². The minimum atomic E-state index is -3.94. The number of carbonyl (C=O) groups is 1. The molecule has 8 heteroatoms. The first kappa shape index (κ1) is 13.5. The molecule has 0 atom stereocenters. The summed E-state index contributed by atoms with van der Waals surface area (Å²) < 4.78 is 31.6. The highest BCUT2D eigenvalue weighted by Crippen LogP contribution is 2.28. The van der Waals surface area contributed by atoms with Gasteiger partial charge in [-0.15, -0.1) is 0 Å². The predicted molar refractivity (Wildman–Crippen MR) is 60.0 cm³/mol. The maximum absolute atomic E-state index is 11.3. The summed E-state index contributed by atoms with van der Waals surface area (Å²) in [5.41, 5.74) is 0. The van der Waals surface area contributed by atoms with Crippen molar-refractivity contribution in [3.8, 4) is 0 Å². The number of esters is 1. The van der Waals surface area contributed by atoms with E-state index in [0.717, 1.165) is 6.07 Å². The van der Waals surface area contributed by atoms with E-state index in [1.807, 2.05) is 6.92 Å². The largest absolute Gasteiger partial charge is 0.460 e. The zero-order valence-electron chi connectivity index (χ0n) is 8.20. The van der Waals surface area contributed by atoms with Crippen molar-refractivity contribution in [1.82, 2.24) is 0 Å². The molecule has 16 heavy (non-hydrogen) atoms. The molecule has 90 valence electrons.